The number of amides is 2. The van der Waals surface area contributed by atoms with E-state index in [0.717, 1.165) is 30.4 Å². The van der Waals surface area contributed by atoms with Crippen molar-refractivity contribution in [2.75, 3.05) is 11.9 Å². The van der Waals surface area contributed by atoms with Crippen molar-refractivity contribution in [2.24, 2.45) is 0 Å². The van der Waals surface area contributed by atoms with Crippen molar-refractivity contribution >= 4 is 39.1 Å². The molecule has 1 aliphatic carbocycles. The molecule has 1 aliphatic heterocycles. The SMILES string of the molecule is CC.O=C1COc2ccc(CNC(=O)c3nc4sc5c(c4c(=O)[nH]3)CCC5)cc2N1. The van der Waals surface area contributed by atoms with E-state index in [1.165, 1.54) is 16.2 Å². The van der Waals surface area contributed by atoms with E-state index in [1.807, 2.05) is 13.8 Å². The molecule has 0 fully saturated rings. The molecule has 0 unspecified atom stereocenters. The summed E-state index contributed by atoms with van der Waals surface area (Å²) in [5.74, 6) is -0.0685. The number of hydrogen-bond donors (Lipinski definition) is 3. The molecule has 0 saturated carbocycles. The van der Waals surface area contributed by atoms with Crippen LogP contribution in [0.3, 0.4) is 0 Å². The highest BCUT2D eigenvalue weighted by Gasteiger charge is 2.22. The number of fused-ring (bicyclic) bond motifs is 4. The first-order valence-corrected chi connectivity index (χ1v) is 10.8. The van der Waals surface area contributed by atoms with Crippen LogP contribution in [0.5, 0.6) is 5.75 Å². The van der Waals surface area contributed by atoms with Crippen molar-refractivity contribution in [2.45, 2.75) is 39.7 Å². The highest BCUT2D eigenvalue weighted by atomic mass is 32.1. The average Bonchev–Trinajstić information content (AvgIpc) is 3.34. The van der Waals surface area contributed by atoms with Gasteiger partial charge in [-0.25, -0.2) is 4.98 Å². The lowest BCUT2D eigenvalue weighted by molar-refractivity contribution is -0.118. The molecule has 2 aliphatic rings. The molecule has 9 heteroatoms. The van der Waals surface area contributed by atoms with E-state index in [9.17, 15) is 14.4 Å². The molecule has 5 rings (SSSR count). The molecular weight excluding hydrogens is 404 g/mol. The molecule has 2 aromatic heterocycles. The van der Waals surface area contributed by atoms with E-state index in [-0.39, 0.29) is 30.4 Å². The smallest absolute Gasteiger partial charge is 0.287 e. The molecule has 0 saturated heterocycles. The van der Waals surface area contributed by atoms with Crippen molar-refractivity contribution in [3.63, 3.8) is 0 Å². The number of rotatable bonds is 3. The Bertz CT molecular complexity index is 1200. The maximum atomic E-state index is 12.5. The van der Waals surface area contributed by atoms with Crippen molar-refractivity contribution in [3.05, 3.63) is 50.4 Å². The number of hydrogen-bond acceptors (Lipinski definition) is 6. The van der Waals surface area contributed by atoms with E-state index < -0.39 is 5.91 Å². The summed E-state index contributed by atoms with van der Waals surface area (Å²) in [6.07, 6.45) is 2.92. The number of thiophene rings is 1. The Balaban J connectivity index is 0.00000106. The third-order valence-electron chi connectivity index (χ3n) is 4.92. The van der Waals surface area contributed by atoms with E-state index in [1.54, 1.807) is 18.2 Å². The number of anilines is 1. The fraction of sp³-hybridized carbons (Fsp3) is 0.333. The summed E-state index contributed by atoms with van der Waals surface area (Å²) >= 11 is 1.50. The molecule has 0 radical (unpaired) electrons. The third-order valence-corrected chi connectivity index (χ3v) is 6.11. The number of H-pyrrole nitrogens is 1. The zero-order valence-electron chi connectivity index (χ0n) is 16.8. The summed E-state index contributed by atoms with van der Waals surface area (Å²) < 4.78 is 5.32. The Labute approximate surface area is 176 Å². The van der Waals surface area contributed by atoms with Gasteiger partial charge in [-0.3, -0.25) is 14.4 Å². The number of nitrogens with zero attached hydrogens (tertiary/aromatic N) is 1. The van der Waals surface area contributed by atoms with Crippen molar-refractivity contribution in [1.29, 1.82) is 0 Å². The number of aromatic amines is 1. The maximum Gasteiger partial charge on any atom is 0.287 e. The largest absolute Gasteiger partial charge is 0.482 e. The normalized spacial score (nSPS) is 14.1. The van der Waals surface area contributed by atoms with Crippen LogP contribution in [-0.4, -0.2) is 28.4 Å². The van der Waals surface area contributed by atoms with Crippen molar-refractivity contribution in [1.82, 2.24) is 15.3 Å². The molecule has 156 valence electrons. The van der Waals surface area contributed by atoms with Gasteiger partial charge in [0, 0.05) is 11.4 Å². The quantitative estimate of drug-likeness (QED) is 0.596. The summed E-state index contributed by atoms with van der Waals surface area (Å²) in [4.78, 5) is 45.2. The number of aryl methyl sites for hydroxylation is 2. The number of benzene rings is 1. The van der Waals surface area contributed by atoms with Crippen LogP contribution < -0.4 is 20.9 Å². The van der Waals surface area contributed by atoms with Gasteiger partial charge < -0.3 is 20.4 Å². The van der Waals surface area contributed by atoms with Gasteiger partial charge in [0.2, 0.25) is 5.82 Å². The van der Waals surface area contributed by atoms with Gasteiger partial charge in [0.1, 0.15) is 10.6 Å². The number of aromatic nitrogens is 2. The van der Waals surface area contributed by atoms with E-state index in [4.69, 9.17) is 4.74 Å². The van der Waals surface area contributed by atoms with Crippen LogP contribution >= 0.6 is 11.3 Å². The van der Waals surface area contributed by atoms with Gasteiger partial charge in [-0.15, -0.1) is 11.3 Å². The second kappa shape index (κ2) is 8.27. The highest BCUT2D eigenvalue weighted by molar-refractivity contribution is 7.18. The van der Waals surface area contributed by atoms with Gasteiger partial charge in [0.15, 0.2) is 6.61 Å². The standard InChI is InChI=1S/C19H16N4O4S.C2H6/c24-14-8-27-12-5-4-9(6-11(12)21-14)7-20-18(26)16-22-17(25)15-10-2-1-3-13(10)28-19(15)23-16;1-2/h4-6H,1-3,7-8H2,(H,20,26)(H,21,24)(H,22,23,25);1-2H3. The van der Waals surface area contributed by atoms with Crippen LogP contribution in [0.4, 0.5) is 5.69 Å². The van der Waals surface area contributed by atoms with Crippen LogP contribution in [0.25, 0.3) is 10.2 Å². The lowest BCUT2D eigenvalue weighted by Gasteiger charge is -2.18. The topological polar surface area (TPSA) is 113 Å². The fourth-order valence-corrected chi connectivity index (χ4v) is 4.88. The monoisotopic (exact) mass is 426 g/mol. The molecule has 0 atom stereocenters. The highest BCUT2D eigenvalue weighted by Crippen LogP contribution is 2.34. The Morgan fingerprint density at radius 1 is 1.27 bits per heavy atom. The van der Waals surface area contributed by atoms with Crippen LogP contribution in [0.1, 0.15) is 46.9 Å². The molecule has 0 bridgehead atoms. The van der Waals surface area contributed by atoms with Crippen LogP contribution in [0.15, 0.2) is 23.0 Å². The van der Waals surface area contributed by atoms with Crippen LogP contribution in [0, 0.1) is 0 Å². The number of ether oxygens (including phenoxy) is 1. The minimum Gasteiger partial charge on any atom is -0.482 e. The first-order chi connectivity index (χ1) is 14.6. The van der Waals surface area contributed by atoms with E-state index in [0.29, 0.717) is 21.7 Å². The minimum atomic E-state index is -0.453. The van der Waals surface area contributed by atoms with Crippen molar-refractivity contribution < 1.29 is 14.3 Å². The Morgan fingerprint density at radius 2 is 2.10 bits per heavy atom. The number of carbonyl (C=O) groups excluding carboxylic acids is 2. The molecule has 30 heavy (non-hydrogen) atoms. The summed E-state index contributed by atoms with van der Waals surface area (Å²) in [6, 6.07) is 5.30. The fourth-order valence-electron chi connectivity index (χ4n) is 3.62. The summed E-state index contributed by atoms with van der Waals surface area (Å²) in [6.45, 7) is 4.22. The minimum absolute atomic E-state index is 0.00323. The van der Waals surface area contributed by atoms with Gasteiger partial charge in [0.25, 0.3) is 17.4 Å². The molecule has 8 nitrogen and oxygen atoms in total. The van der Waals surface area contributed by atoms with Gasteiger partial charge >= 0.3 is 0 Å². The predicted octanol–water partition coefficient (Wildman–Crippen LogP) is 2.76. The van der Waals surface area contributed by atoms with Gasteiger partial charge in [0.05, 0.1) is 11.1 Å². The second-order valence-electron chi connectivity index (χ2n) is 6.80. The summed E-state index contributed by atoms with van der Waals surface area (Å²) in [5, 5.41) is 6.11. The van der Waals surface area contributed by atoms with Crippen LogP contribution in [-0.2, 0) is 24.2 Å². The van der Waals surface area contributed by atoms with Crippen LogP contribution in [0.2, 0.25) is 0 Å². The first kappa shape index (κ1) is 20.1. The zero-order valence-corrected chi connectivity index (χ0v) is 17.6. The van der Waals surface area contributed by atoms with Crippen molar-refractivity contribution in [3.8, 4) is 5.75 Å². The number of nitrogens with one attached hydrogen (secondary N) is 3. The number of carbonyl (C=O) groups is 2. The third kappa shape index (κ3) is 3.68. The molecule has 0 spiro atoms. The Morgan fingerprint density at radius 3 is 2.93 bits per heavy atom. The molecule has 3 heterocycles. The van der Waals surface area contributed by atoms with E-state index >= 15 is 0 Å². The van der Waals surface area contributed by atoms with Gasteiger partial charge in [-0.05, 0) is 42.5 Å². The summed E-state index contributed by atoms with van der Waals surface area (Å²) in [5.41, 5.74) is 2.18. The van der Waals surface area contributed by atoms with E-state index in [2.05, 4.69) is 20.6 Å². The van der Waals surface area contributed by atoms with Gasteiger partial charge in [-0.1, -0.05) is 19.9 Å². The Hall–Kier alpha value is -3.20. The zero-order chi connectivity index (χ0) is 21.3. The predicted molar refractivity (Wildman–Crippen MR) is 115 cm³/mol. The molecule has 3 aromatic rings. The molecule has 3 N–H and O–H groups in total. The first-order valence-electron chi connectivity index (χ1n) is 9.97. The molecule has 1 aromatic carbocycles. The van der Waals surface area contributed by atoms with Gasteiger partial charge in [-0.2, -0.15) is 0 Å². The second-order valence-corrected chi connectivity index (χ2v) is 7.89. The lowest BCUT2D eigenvalue weighted by Crippen LogP contribution is -2.28. The average molecular weight is 426 g/mol. The maximum absolute atomic E-state index is 12.5. The Kier molecular flexibility index (Phi) is 5.54. The lowest BCUT2D eigenvalue weighted by atomic mass is 10.1. The summed E-state index contributed by atoms with van der Waals surface area (Å²) in [7, 11) is 0. The molecular formula is C21H22N4O4S. The molecule has 2 amide bonds.